The zero-order valence-corrected chi connectivity index (χ0v) is 16.9. The van der Waals surface area contributed by atoms with Gasteiger partial charge in [0, 0.05) is 31.1 Å². The second-order valence-electron chi connectivity index (χ2n) is 8.05. The lowest BCUT2D eigenvalue weighted by molar-refractivity contribution is -0.136. The summed E-state index contributed by atoms with van der Waals surface area (Å²) in [4.78, 5) is 29.1. The maximum absolute atomic E-state index is 12.7. The minimum absolute atomic E-state index is 0.00850. The highest BCUT2D eigenvalue weighted by atomic mass is 16.5. The number of carbonyl (C=O) groups excluding carboxylic acids is 2. The fourth-order valence-corrected chi connectivity index (χ4v) is 4.59. The number of ether oxygens (including phenoxy) is 1. The van der Waals surface area contributed by atoms with Crippen LogP contribution >= 0.6 is 0 Å². The number of esters is 1. The number of phenols is 1. The number of phenolic OH excluding ortho intramolecular Hbond substituents is 1. The third-order valence-electron chi connectivity index (χ3n) is 6.27. The molecule has 0 atom stereocenters. The van der Waals surface area contributed by atoms with E-state index in [4.69, 9.17) is 4.74 Å². The van der Waals surface area contributed by atoms with Crippen LogP contribution in [0.15, 0.2) is 30.3 Å². The van der Waals surface area contributed by atoms with E-state index in [0.29, 0.717) is 12.5 Å². The van der Waals surface area contributed by atoms with E-state index < -0.39 is 5.97 Å². The Balaban J connectivity index is 1.52. The molecule has 4 rings (SSSR count). The fourth-order valence-electron chi connectivity index (χ4n) is 4.59. The highest BCUT2D eigenvalue weighted by Crippen LogP contribution is 2.34. The summed E-state index contributed by atoms with van der Waals surface area (Å²) in [6.07, 6.45) is 3.91. The predicted octanol–water partition coefficient (Wildman–Crippen LogP) is 3.17. The second-order valence-corrected chi connectivity index (χ2v) is 8.05. The maximum atomic E-state index is 12.7. The molecule has 2 aromatic carbocycles. The van der Waals surface area contributed by atoms with Crippen LogP contribution in [-0.4, -0.2) is 60.1 Å². The molecule has 2 aromatic rings. The van der Waals surface area contributed by atoms with Gasteiger partial charge in [-0.2, -0.15) is 0 Å². The summed E-state index contributed by atoms with van der Waals surface area (Å²) in [7, 11) is 1.32. The number of piperidine rings is 1. The van der Waals surface area contributed by atoms with Gasteiger partial charge >= 0.3 is 5.97 Å². The fraction of sp³-hybridized carbons (Fsp3) is 0.478. The molecule has 0 saturated carbocycles. The summed E-state index contributed by atoms with van der Waals surface area (Å²) >= 11 is 0. The Morgan fingerprint density at radius 1 is 1.10 bits per heavy atom. The van der Waals surface area contributed by atoms with E-state index in [0.717, 1.165) is 68.2 Å². The molecule has 1 N–H and O–H groups in total. The number of hydrogen-bond donors (Lipinski definition) is 1. The quantitative estimate of drug-likeness (QED) is 0.804. The van der Waals surface area contributed by atoms with Gasteiger partial charge in [-0.05, 0) is 55.6 Å². The van der Waals surface area contributed by atoms with Crippen LogP contribution in [0.1, 0.15) is 41.6 Å². The third kappa shape index (κ3) is 3.94. The molecular formula is C23H28N2O4. The molecular weight excluding hydrogens is 368 g/mol. The Morgan fingerprint density at radius 2 is 1.79 bits per heavy atom. The van der Waals surface area contributed by atoms with Crippen molar-refractivity contribution < 1.29 is 19.4 Å². The second kappa shape index (κ2) is 8.41. The molecule has 29 heavy (non-hydrogen) atoms. The number of likely N-dealkylation sites (tertiary alicyclic amines) is 2. The van der Waals surface area contributed by atoms with Gasteiger partial charge < -0.3 is 14.7 Å². The molecule has 1 amide bonds. The lowest BCUT2D eigenvalue weighted by atomic mass is 9.94. The van der Waals surface area contributed by atoms with E-state index in [1.807, 2.05) is 29.2 Å². The normalized spacial score (nSPS) is 18.3. The topological polar surface area (TPSA) is 70.1 Å². The molecule has 154 valence electrons. The van der Waals surface area contributed by atoms with Crippen molar-refractivity contribution in [3.8, 4) is 5.75 Å². The first-order valence-electron chi connectivity index (χ1n) is 10.4. The van der Waals surface area contributed by atoms with Crippen molar-refractivity contribution in [1.29, 1.82) is 0 Å². The highest BCUT2D eigenvalue weighted by Gasteiger charge is 2.30. The lowest BCUT2D eigenvalue weighted by Gasteiger charge is -2.33. The molecule has 6 nitrogen and oxygen atoms in total. The Bertz CT molecular complexity index is 912. The van der Waals surface area contributed by atoms with Crippen LogP contribution in [0, 0.1) is 5.92 Å². The largest absolute Gasteiger partial charge is 0.507 e. The first-order chi connectivity index (χ1) is 14.1. The van der Waals surface area contributed by atoms with Crippen molar-refractivity contribution in [3.63, 3.8) is 0 Å². The predicted molar refractivity (Wildman–Crippen MR) is 111 cm³/mol. The summed E-state index contributed by atoms with van der Waals surface area (Å²) in [6.45, 7) is 3.96. The molecule has 2 aliphatic rings. The van der Waals surface area contributed by atoms with Gasteiger partial charge in [0.1, 0.15) is 11.3 Å². The Hall–Kier alpha value is -2.60. The minimum atomic E-state index is -0.538. The van der Waals surface area contributed by atoms with Crippen LogP contribution in [0.3, 0.4) is 0 Å². The van der Waals surface area contributed by atoms with Gasteiger partial charge in [-0.15, -0.1) is 0 Å². The van der Waals surface area contributed by atoms with Gasteiger partial charge in [-0.3, -0.25) is 9.69 Å². The molecule has 0 aliphatic carbocycles. The van der Waals surface area contributed by atoms with E-state index in [-0.39, 0.29) is 17.2 Å². The zero-order valence-electron chi connectivity index (χ0n) is 16.9. The van der Waals surface area contributed by atoms with Crippen LogP contribution in [-0.2, 0) is 16.1 Å². The van der Waals surface area contributed by atoms with Gasteiger partial charge in [0.15, 0.2) is 0 Å². The SMILES string of the molecule is COC(=O)c1cc2ccccc2c(CN2CCC(C(=O)N3CCCC3)CC2)c1O. The first-order valence-corrected chi connectivity index (χ1v) is 10.4. The Labute approximate surface area is 171 Å². The minimum Gasteiger partial charge on any atom is -0.507 e. The number of nitrogens with zero attached hydrogens (tertiary/aromatic N) is 2. The number of benzene rings is 2. The Kier molecular flexibility index (Phi) is 5.72. The van der Waals surface area contributed by atoms with E-state index >= 15 is 0 Å². The van der Waals surface area contributed by atoms with Gasteiger partial charge in [0.05, 0.1) is 7.11 Å². The van der Waals surface area contributed by atoms with Crippen LogP contribution in [0.25, 0.3) is 10.8 Å². The number of aromatic hydroxyl groups is 1. The molecule has 0 radical (unpaired) electrons. The van der Waals surface area contributed by atoms with Crippen LogP contribution < -0.4 is 0 Å². The van der Waals surface area contributed by atoms with Crippen molar-refractivity contribution in [1.82, 2.24) is 9.80 Å². The summed E-state index contributed by atoms with van der Waals surface area (Å²) < 4.78 is 4.85. The van der Waals surface area contributed by atoms with Gasteiger partial charge in [-0.1, -0.05) is 24.3 Å². The maximum Gasteiger partial charge on any atom is 0.341 e. The lowest BCUT2D eigenvalue weighted by Crippen LogP contribution is -2.41. The molecule has 2 fully saturated rings. The molecule has 2 heterocycles. The van der Waals surface area contributed by atoms with Crippen LogP contribution in [0.5, 0.6) is 5.75 Å². The van der Waals surface area contributed by atoms with Crippen molar-refractivity contribution >= 4 is 22.6 Å². The summed E-state index contributed by atoms with van der Waals surface area (Å²) in [5, 5.41) is 12.7. The van der Waals surface area contributed by atoms with Gasteiger partial charge in [-0.25, -0.2) is 4.79 Å². The smallest absolute Gasteiger partial charge is 0.341 e. The molecule has 2 aliphatic heterocycles. The third-order valence-corrected chi connectivity index (χ3v) is 6.27. The van der Waals surface area contributed by atoms with E-state index in [9.17, 15) is 14.7 Å². The Morgan fingerprint density at radius 3 is 2.48 bits per heavy atom. The standard InChI is InChI=1S/C23H28N2O4/c1-29-23(28)19-14-17-6-2-3-7-18(17)20(21(19)26)15-24-12-8-16(9-13-24)22(27)25-10-4-5-11-25/h2-3,6-7,14,16,26H,4-5,8-13,15H2,1H3. The van der Waals surface area contributed by atoms with Crippen LogP contribution in [0.4, 0.5) is 0 Å². The van der Waals surface area contributed by atoms with E-state index in [1.165, 1.54) is 7.11 Å². The zero-order chi connectivity index (χ0) is 20.4. The molecule has 0 aromatic heterocycles. The molecule has 0 unspecified atom stereocenters. The number of amides is 1. The molecule has 2 saturated heterocycles. The van der Waals surface area contributed by atoms with E-state index in [2.05, 4.69) is 4.90 Å². The number of fused-ring (bicyclic) bond motifs is 1. The van der Waals surface area contributed by atoms with Crippen molar-refractivity contribution in [3.05, 3.63) is 41.5 Å². The van der Waals surface area contributed by atoms with Gasteiger partial charge in [0.25, 0.3) is 0 Å². The monoisotopic (exact) mass is 396 g/mol. The van der Waals surface area contributed by atoms with Crippen molar-refractivity contribution in [2.24, 2.45) is 5.92 Å². The molecule has 0 spiro atoms. The van der Waals surface area contributed by atoms with Crippen molar-refractivity contribution in [2.45, 2.75) is 32.2 Å². The first kappa shape index (κ1) is 19.7. The van der Waals surface area contributed by atoms with Gasteiger partial charge in [0.2, 0.25) is 5.91 Å². The average molecular weight is 396 g/mol. The summed E-state index contributed by atoms with van der Waals surface area (Å²) in [6, 6.07) is 9.44. The molecule has 0 bridgehead atoms. The summed E-state index contributed by atoms with van der Waals surface area (Å²) in [5.74, 6) is -0.130. The molecule has 6 heteroatoms. The number of methoxy groups -OCH3 is 1. The van der Waals surface area contributed by atoms with E-state index in [1.54, 1.807) is 6.07 Å². The number of hydrogen-bond acceptors (Lipinski definition) is 5. The number of carbonyl (C=O) groups is 2. The van der Waals surface area contributed by atoms with Crippen molar-refractivity contribution in [2.75, 3.05) is 33.3 Å². The summed E-state index contributed by atoms with van der Waals surface area (Å²) in [5.41, 5.74) is 0.938. The highest BCUT2D eigenvalue weighted by molar-refractivity contribution is 6.00. The van der Waals surface area contributed by atoms with Crippen LogP contribution in [0.2, 0.25) is 0 Å². The number of rotatable bonds is 4. The average Bonchev–Trinajstić information content (AvgIpc) is 3.30.